The van der Waals surface area contributed by atoms with Gasteiger partial charge in [0.25, 0.3) is 0 Å². The van der Waals surface area contributed by atoms with Crippen molar-refractivity contribution in [1.29, 1.82) is 0 Å². The lowest BCUT2D eigenvalue weighted by molar-refractivity contribution is -0.152. The first-order valence-corrected chi connectivity index (χ1v) is 9.48. The Morgan fingerprint density at radius 1 is 1.20 bits per heavy atom. The zero-order valence-corrected chi connectivity index (χ0v) is 18.6. The number of hydrogen-bond donors (Lipinski definition) is 0. The molecule has 1 atom stereocenters. The molecule has 164 valence electrons. The van der Waals surface area contributed by atoms with Gasteiger partial charge in [-0.1, -0.05) is 0 Å². The van der Waals surface area contributed by atoms with Crippen molar-refractivity contribution < 1.29 is 33.4 Å². The van der Waals surface area contributed by atoms with Gasteiger partial charge in [0.05, 0.1) is 30.7 Å². The highest BCUT2D eigenvalue weighted by atomic mass is 16.6. The van der Waals surface area contributed by atoms with Crippen LogP contribution in [0.2, 0.25) is 0 Å². The van der Waals surface area contributed by atoms with Crippen molar-refractivity contribution in [3.8, 4) is 0 Å². The summed E-state index contributed by atoms with van der Waals surface area (Å²) in [6, 6.07) is 2.89. The minimum Gasteiger partial charge on any atom is -0.465 e. The molecule has 1 unspecified atom stereocenters. The number of hydrogen-bond acceptors (Lipinski definition) is 7. The van der Waals surface area contributed by atoms with Crippen molar-refractivity contribution in [1.82, 2.24) is 0 Å². The van der Waals surface area contributed by atoms with Gasteiger partial charge in [0.2, 0.25) is 5.91 Å². The van der Waals surface area contributed by atoms with E-state index in [1.165, 1.54) is 45.2 Å². The first-order chi connectivity index (χ1) is 13.8. The minimum absolute atomic E-state index is 0.0169. The van der Waals surface area contributed by atoms with Crippen molar-refractivity contribution in [2.75, 3.05) is 37.6 Å². The molecule has 1 aliphatic heterocycles. The molecular formula is C21H28N2O7. The van der Waals surface area contributed by atoms with Crippen molar-refractivity contribution in [3.63, 3.8) is 0 Å². The molecule has 9 heteroatoms. The maximum Gasteiger partial charge on any atom is 0.414 e. The van der Waals surface area contributed by atoms with Gasteiger partial charge in [0.15, 0.2) is 5.41 Å². The molecular weight excluding hydrogens is 392 g/mol. The van der Waals surface area contributed by atoms with Gasteiger partial charge >= 0.3 is 18.0 Å². The lowest BCUT2D eigenvalue weighted by Gasteiger charge is -2.26. The summed E-state index contributed by atoms with van der Waals surface area (Å²) in [6.07, 6.45) is -0.687. The number of nitrogens with zero attached hydrogens (tertiary/aromatic N) is 2. The van der Waals surface area contributed by atoms with Crippen LogP contribution < -0.4 is 9.80 Å². The second-order valence-corrected chi connectivity index (χ2v) is 8.13. The fraction of sp³-hybridized carbons (Fsp3) is 0.524. The minimum atomic E-state index is -1.62. The molecule has 0 aliphatic carbocycles. The molecule has 1 heterocycles. The van der Waals surface area contributed by atoms with E-state index in [1.54, 1.807) is 27.7 Å². The van der Waals surface area contributed by atoms with E-state index >= 15 is 0 Å². The lowest BCUT2D eigenvalue weighted by atomic mass is 9.82. The molecule has 0 aromatic heterocycles. The standard InChI is InChI=1S/C21H28N2O7/c1-9-29-18(26)21(5)13-10-12(16(24)28-8)14(11-15(13)22(6)17(21)25)23(7)19(27)30-20(2,3)4/h10-11H,9H2,1-8H3. The smallest absolute Gasteiger partial charge is 0.414 e. The molecule has 1 aromatic rings. The second-order valence-electron chi connectivity index (χ2n) is 8.13. The summed E-state index contributed by atoms with van der Waals surface area (Å²) in [7, 11) is 4.17. The number of esters is 2. The van der Waals surface area contributed by atoms with E-state index in [4.69, 9.17) is 14.2 Å². The molecule has 0 saturated heterocycles. The van der Waals surface area contributed by atoms with Crippen LogP contribution in [0.5, 0.6) is 0 Å². The fourth-order valence-electron chi connectivity index (χ4n) is 3.27. The highest BCUT2D eigenvalue weighted by Gasteiger charge is 2.53. The highest BCUT2D eigenvalue weighted by Crippen LogP contribution is 2.45. The number of amides is 2. The average Bonchev–Trinajstić information content (AvgIpc) is 2.86. The molecule has 0 saturated carbocycles. The van der Waals surface area contributed by atoms with Crippen LogP contribution in [-0.2, 0) is 29.2 Å². The molecule has 0 radical (unpaired) electrons. The summed E-state index contributed by atoms with van der Waals surface area (Å²) in [4.78, 5) is 53.2. The third-order valence-corrected chi connectivity index (χ3v) is 4.86. The number of rotatable bonds is 4. The molecule has 0 spiro atoms. The number of benzene rings is 1. The first-order valence-electron chi connectivity index (χ1n) is 9.48. The molecule has 30 heavy (non-hydrogen) atoms. The van der Waals surface area contributed by atoms with Crippen molar-refractivity contribution in [3.05, 3.63) is 23.3 Å². The van der Waals surface area contributed by atoms with Crippen molar-refractivity contribution in [2.45, 2.75) is 45.6 Å². The number of anilines is 2. The van der Waals surface area contributed by atoms with Gasteiger partial charge in [0.1, 0.15) is 5.60 Å². The summed E-state index contributed by atoms with van der Waals surface area (Å²) >= 11 is 0. The van der Waals surface area contributed by atoms with Gasteiger partial charge in [-0.3, -0.25) is 14.5 Å². The number of likely N-dealkylation sites (N-methyl/N-ethyl adjacent to an activating group) is 1. The molecule has 1 aliphatic rings. The summed E-state index contributed by atoms with van der Waals surface area (Å²) < 4.78 is 15.4. The van der Waals surface area contributed by atoms with Crippen molar-refractivity contribution in [2.24, 2.45) is 0 Å². The van der Waals surface area contributed by atoms with Crippen LogP contribution in [0.1, 0.15) is 50.5 Å². The Bertz CT molecular complexity index is 903. The van der Waals surface area contributed by atoms with E-state index in [2.05, 4.69) is 0 Å². The zero-order valence-electron chi connectivity index (χ0n) is 18.6. The van der Waals surface area contributed by atoms with Gasteiger partial charge in [-0.2, -0.15) is 0 Å². The Kier molecular flexibility index (Phi) is 6.15. The molecule has 0 bridgehead atoms. The van der Waals surface area contributed by atoms with E-state index in [-0.39, 0.29) is 17.9 Å². The highest BCUT2D eigenvalue weighted by molar-refractivity contribution is 6.21. The normalized spacial score (nSPS) is 18.0. The summed E-state index contributed by atoms with van der Waals surface area (Å²) in [5, 5.41) is 0. The number of carbonyl (C=O) groups excluding carboxylic acids is 4. The zero-order chi connectivity index (χ0) is 23.0. The van der Waals surface area contributed by atoms with Gasteiger partial charge in [-0.25, -0.2) is 9.59 Å². The molecule has 1 aromatic carbocycles. The molecule has 0 N–H and O–H groups in total. The van der Waals surface area contributed by atoms with Gasteiger partial charge < -0.3 is 19.1 Å². The Hall–Kier alpha value is -3.10. The maximum absolute atomic E-state index is 13.0. The number of methoxy groups -OCH3 is 1. The van der Waals surface area contributed by atoms with E-state index in [9.17, 15) is 19.2 Å². The molecule has 9 nitrogen and oxygen atoms in total. The van der Waals surface area contributed by atoms with Crippen molar-refractivity contribution >= 4 is 35.3 Å². The maximum atomic E-state index is 13.0. The van der Waals surface area contributed by atoms with Crippen LogP contribution in [0.4, 0.5) is 16.2 Å². The van der Waals surface area contributed by atoms with Gasteiger partial charge in [0, 0.05) is 19.7 Å². The van der Waals surface area contributed by atoms with Crippen LogP contribution in [0.15, 0.2) is 12.1 Å². The second kappa shape index (κ2) is 7.97. The average molecular weight is 420 g/mol. The van der Waals surface area contributed by atoms with Crippen LogP contribution >= 0.6 is 0 Å². The van der Waals surface area contributed by atoms with Gasteiger partial charge in [-0.05, 0) is 46.8 Å². The van der Waals surface area contributed by atoms with E-state index in [1.807, 2.05) is 0 Å². The monoisotopic (exact) mass is 420 g/mol. The van der Waals surface area contributed by atoms with E-state index in [0.717, 1.165) is 4.90 Å². The SMILES string of the molecule is CCOC(=O)C1(C)C(=O)N(C)c2cc(N(C)C(=O)OC(C)(C)C)c(C(=O)OC)cc21. The predicted octanol–water partition coefficient (Wildman–Crippen LogP) is 2.64. The van der Waals surface area contributed by atoms with Crippen LogP contribution in [0.25, 0.3) is 0 Å². The third kappa shape index (κ3) is 3.83. The van der Waals surface area contributed by atoms with Crippen LogP contribution in [-0.4, -0.2) is 57.4 Å². The van der Waals surface area contributed by atoms with Gasteiger partial charge in [-0.15, -0.1) is 0 Å². The molecule has 2 rings (SSSR count). The molecule has 2 amide bonds. The summed E-state index contributed by atoms with van der Waals surface area (Å²) in [5.41, 5.74) is -1.48. The fourth-order valence-corrected chi connectivity index (χ4v) is 3.27. The van der Waals surface area contributed by atoms with Crippen LogP contribution in [0, 0.1) is 0 Å². The summed E-state index contributed by atoms with van der Waals surface area (Å²) in [6.45, 7) is 8.36. The topological polar surface area (TPSA) is 102 Å². The first kappa shape index (κ1) is 23.2. The largest absolute Gasteiger partial charge is 0.465 e. The predicted molar refractivity (Wildman–Crippen MR) is 110 cm³/mol. The summed E-state index contributed by atoms with van der Waals surface area (Å²) in [5.74, 6) is -1.94. The Labute approximate surface area is 175 Å². The Morgan fingerprint density at radius 3 is 2.30 bits per heavy atom. The Balaban J connectivity index is 2.69. The van der Waals surface area contributed by atoms with E-state index in [0.29, 0.717) is 11.3 Å². The van der Waals surface area contributed by atoms with E-state index < -0.39 is 35.0 Å². The number of fused-ring (bicyclic) bond motifs is 1. The quantitative estimate of drug-likeness (QED) is 0.419. The van der Waals surface area contributed by atoms with Crippen LogP contribution in [0.3, 0.4) is 0 Å². The number of ether oxygens (including phenoxy) is 3. The third-order valence-electron chi connectivity index (χ3n) is 4.86. The Morgan fingerprint density at radius 2 is 1.80 bits per heavy atom. The lowest BCUT2D eigenvalue weighted by Crippen LogP contribution is -2.43. The number of carbonyl (C=O) groups is 4. The molecule has 0 fully saturated rings.